The fourth-order valence-corrected chi connectivity index (χ4v) is 3.71. The number of aryl methyl sites for hydroxylation is 1. The summed E-state index contributed by atoms with van der Waals surface area (Å²) in [5.74, 6) is 0.460. The number of rotatable bonds is 11. The lowest BCUT2D eigenvalue weighted by Gasteiger charge is -2.27. The van der Waals surface area contributed by atoms with Crippen LogP contribution in [0.4, 0.5) is 0 Å². The maximum Gasteiger partial charge on any atom is 0.145 e. The molecular formula is C25H34N2O3. The van der Waals surface area contributed by atoms with Crippen LogP contribution in [0.15, 0.2) is 59.8 Å². The van der Waals surface area contributed by atoms with Gasteiger partial charge >= 0.3 is 0 Å². The first-order valence-corrected chi connectivity index (χ1v) is 10.8. The molecule has 0 aromatic heterocycles. The van der Waals surface area contributed by atoms with Crippen LogP contribution in [-0.4, -0.2) is 54.2 Å². The molecule has 5 heteroatoms. The summed E-state index contributed by atoms with van der Waals surface area (Å²) < 4.78 is 5.64. The number of ether oxygens (including phenoxy) is 1. The van der Waals surface area contributed by atoms with E-state index in [-0.39, 0.29) is 6.10 Å². The fraction of sp³-hybridized carbons (Fsp3) is 0.480. The van der Waals surface area contributed by atoms with Crippen LogP contribution in [0.5, 0.6) is 0 Å². The van der Waals surface area contributed by atoms with Crippen molar-refractivity contribution in [3.05, 3.63) is 71.3 Å². The minimum absolute atomic E-state index is 0.0212. The summed E-state index contributed by atoms with van der Waals surface area (Å²) >= 11 is 0. The van der Waals surface area contributed by atoms with Crippen molar-refractivity contribution in [2.24, 2.45) is 11.1 Å². The van der Waals surface area contributed by atoms with E-state index < -0.39 is 6.10 Å². The zero-order chi connectivity index (χ0) is 21.3. The number of aliphatic hydroxyl groups excluding tert-OH is 1. The molecule has 0 spiro atoms. The fourth-order valence-electron chi connectivity index (χ4n) is 3.71. The van der Waals surface area contributed by atoms with Crippen molar-refractivity contribution in [1.29, 1.82) is 0 Å². The summed E-state index contributed by atoms with van der Waals surface area (Å²) in [6, 6.07) is 18.6. The second-order valence-corrected chi connectivity index (χ2v) is 8.55. The van der Waals surface area contributed by atoms with Crippen molar-refractivity contribution in [3.63, 3.8) is 0 Å². The Morgan fingerprint density at radius 1 is 1.10 bits per heavy atom. The van der Waals surface area contributed by atoms with Crippen LogP contribution in [0.1, 0.15) is 37.0 Å². The third-order valence-electron chi connectivity index (χ3n) is 5.13. The second kappa shape index (κ2) is 11.3. The topological polar surface area (TPSA) is 54.3 Å². The van der Waals surface area contributed by atoms with Crippen LogP contribution in [-0.2, 0) is 16.1 Å². The van der Waals surface area contributed by atoms with Gasteiger partial charge in [0, 0.05) is 38.2 Å². The van der Waals surface area contributed by atoms with Gasteiger partial charge in [-0.25, -0.2) is 0 Å². The lowest BCUT2D eigenvalue weighted by atomic mass is 10.00. The van der Waals surface area contributed by atoms with Crippen LogP contribution in [0, 0.1) is 12.8 Å². The molecule has 162 valence electrons. The Bertz CT molecular complexity index is 807. The van der Waals surface area contributed by atoms with Gasteiger partial charge in [-0.1, -0.05) is 73.6 Å². The molecule has 0 unspecified atom stereocenters. The highest BCUT2D eigenvalue weighted by atomic mass is 16.6. The van der Waals surface area contributed by atoms with Gasteiger partial charge in [0.1, 0.15) is 6.10 Å². The molecule has 2 aromatic rings. The molecule has 2 atom stereocenters. The number of oxime groups is 1. The summed E-state index contributed by atoms with van der Waals surface area (Å²) in [6.45, 7) is 9.31. The van der Waals surface area contributed by atoms with E-state index in [1.807, 2.05) is 30.3 Å². The van der Waals surface area contributed by atoms with Crippen LogP contribution in [0.25, 0.3) is 0 Å². The maximum absolute atomic E-state index is 10.5. The number of hydrogen-bond acceptors (Lipinski definition) is 5. The van der Waals surface area contributed by atoms with Gasteiger partial charge < -0.3 is 14.7 Å². The maximum atomic E-state index is 10.5. The zero-order valence-corrected chi connectivity index (χ0v) is 18.3. The summed E-state index contributed by atoms with van der Waals surface area (Å²) in [4.78, 5) is 8.01. The smallest absolute Gasteiger partial charge is 0.145 e. The van der Waals surface area contributed by atoms with E-state index in [9.17, 15) is 5.11 Å². The molecule has 0 bridgehead atoms. The third kappa shape index (κ3) is 6.94. The Balaban J connectivity index is 1.59. The molecule has 5 nitrogen and oxygen atoms in total. The first-order chi connectivity index (χ1) is 14.5. The number of nitrogens with zero attached hydrogens (tertiary/aromatic N) is 2. The van der Waals surface area contributed by atoms with Gasteiger partial charge in [-0.3, -0.25) is 4.90 Å². The molecular weight excluding hydrogens is 376 g/mol. The second-order valence-electron chi connectivity index (χ2n) is 8.55. The monoisotopic (exact) mass is 410 g/mol. The van der Waals surface area contributed by atoms with E-state index in [1.54, 1.807) is 0 Å². The molecule has 0 saturated heterocycles. The SMILES string of the molecule is Cc1ccccc1C1=NO[C@@H](CN(Cc2ccccc2)C[C@@H](O)COCC(C)C)C1. The largest absolute Gasteiger partial charge is 0.390 e. The van der Waals surface area contributed by atoms with E-state index in [0.29, 0.717) is 32.2 Å². The van der Waals surface area contributed by atoms with Crippen molar-refractivity contribution in [2.45, 2.75) is 45.9 Å². The quantitative estimate of drug-likeness (QED) is 0.608. The van der Waals surface area contributed by atoms with Gasteiger partial charge in [0.15, 0.2) is 0 Å². The van der Waals surface area contributed by atoms with Crippen molar-refractivity contribution < 1.29 is 14.7 Å². The Labute approximate surface area is 180 Å². The predicted octanol–water partition coefficient (Wildman–Crippen LogP) is 4.02. The number of aliphatic hydroxyl groups is 1. The molecule has 1 N–H and O–H groups in total. The van der Waals surface area contributed by atoms with E-state index in [1.165, 1.54) is 11.1 Å². The van der Waals surface area contributed by atoms with E-state index in [0.717, 1.165) is 24.2 Å². The molecule has 0 saturated carbocycles. The molecule has 2 aromatic carbocycles. The van der Waals surface area contributed by atoms with Crippen molar-refractivity contribution in [3.8, 4) is 0 Å². The summed E-state index contributed by atoms with van der Waals surface area (Å²) in [5.41, 5.74) is 4.57. The first kappa shape index (κ1) is 22.5. The molecule has 0 radical (unpaired) electrons. The minimum atomic E-state index is -0.536. The molecule has 1 heterocycles. The van der Waals surface area contributed by atoms with Gasteiger partial charge in [-0.15, -0.1) is 0 Å². The molecule has 1 aliphatic heterocycles. The van der Waals surface area contributed by atoms with Gasteiger partial charge in [-0.2, -0.15) is 0 Å². The molecule has 30 heavy (non-hydrogen) atoms. The van der Waals surface area contributed by atoms with Gasteiger partial charge in [0.2, 0.25) is 0 Å². The molecule has 3 rings (SSSR count). The Morgan fingerprint density at radius 3 is 2.57 bits per heavy atom. The molecule has 1 aliphatic rings. The Hall–Kier alpha value is -2.21. The standard InChI is InChI=1S/C25H34N2O3/c1-19(2)17-29-18-22(28)15-27(14-21-10-5-4-6-11-21)16-23-13-25(26-30-23)24-12-8-7-9-20(24)3/h4-12,19,22-23,28H,13-18H2,1-3H3/t22-,23-/m1/s1. The zero-order valence-electron chi connectivity index (χ0n) is 18.3. The minimum Gasteiger partial charge on any atom is -0.390 e. The summed E-state index contributed by atoms with van der Waals surface area (Å²) in [6.07, 6.45) is 0.216. The van der Waals surface area contributed by atoms with Gasteiger partial charge in [0.25, 0.3) is 0 Å². The summed E-state index contributed by atoms with van der Waals surface area (Å²) in [7, 11) is 0. The van der Waals surface area contributed by atoms with Gasteiger partial charge in [0.05, 0.1) is 18.4 Å². The average Bonchev–Trinajstić information content (AvgIpc) is 3.17. The normalized spacial score (nSPS) is 17.3. The number of benzene rings is 2. The van der Waals surface area contributed by atoms with Crippen LogP contribution < -0.4 is 0 Å². The van der Waals surface area contributed by atoms with Crippen LogP contribution >= 0.6 is 0 Å². The average molecular weight is 411 g/mol. The molecule has 0 amide bonds. The van der Waals surface area contributed by atoms with Crippen LogP contribution in [0.3, 0.4) is 0 Å². The first-order valence-electron chi connectivity index (χ1n) is 10.8. The van der Waals surface area contributed by atoms with Crippen LogP contribution in [0.2, 0.25) is 0 Å². The molecule has 0 aliphatic carbocycles. The lowest BCUT2D eigenvalue weighted by molar-refractivity contribution is -0.00734. The molecule has 0 fully saturated rings. The van der Waals surface area contributed by atoms with E-state index in [4.69, 9.17) is 9.57 Å². The van der Waals surface area contributed by atoms with E-state index in [2.05, 4.69) is 55.1 Å². The highest BCUT2D eigenvalue weighted by molar-refractivity contribution is 6.02. The highest BCUT2D eigenvalue weighted by Crippen LogP contribution is 2.21. The predicted molar refractivity (Wildman–Crippen MR) is 121 cm³/mol. The van der Waals surface area contributed by atoms with E-state index >= 15 is 0 Å². The Kier molecular flexibility index (Phi) is 8.43. The third-order valence-corrected chi connectivity index (χ3v) is 5.13. The highest BCUT2D eigenvalue weighted by Gasteiger charge is 2.26. The Morgan fingerprint density at radius 2 is 1.83 bits per heavy atom. The summed E-state index contributed by atoms with van der Waals surface area (Å²) in [5, 5.41) is 14.9. The van der Waals surface area contributed by atoms with Crippen molar-refractivity contribution in [2.75, 3.05) is 26.3 Å². The lowest BCUT2D eigenvalue weighted by Crippen LogP contribution is -2.39. The van der Waals surface area contributed by atoms with Crippen molar-refractivity contribution >= 4 is 5.71 Å². The van der Waals surface area contributed by atoms with Crippen molar-refractivity contribution in [1.82, 2.24) is 4.90 Å². The number of hydrogen-bond donors (Lipinski definition) is 1. The van der Waals surface area contributed by atoms with Gasteiger partial charge in [-0.05, 0) is 24.0 Å².